The summed E-state index contributed by atoms with van der Waals surface area (Å²) in [4.78, 5) is 16.5. The summed E-state index contributed by atoms with van der Waals surface area (Å²) in [5.41, 5.74) is 0.863. The zero-order valence-electron chi connectivity index (χ0n) is 15.0. The minimum Gasteiger partial charge on any atom is -0.454 e. The van der Waals surface area contributed by atoms with Gasteiger partial charge in [0, 0.05) is 20.3 Å². The molecule has 0 bridgehead atoms. The van der Waals surface area contributed by atoms with E-state index >= 15 is 0 Å². The summed E-state index contributed by atoms with van der Waals surface area (Å²) in [5.74, 6) is 0.209. The first-order valence-electron chi connectivity index (χ1n) is 7.95. The number of aromatic nitrogens is 3. The number of furan rings is 1. The van der Waals surface area contributed by atoms with Gasteiger partial charge in [-0.15, -0.1) is 0 Å². The maximum Gasteiger partial charge on any atom is 0.342 e. The van der Waals surface area contributed by atoms with Crippen LogP contribution in [0.5, 0.6) is 0 Å². The standard InChI is InChI=1S/C17H18N4O5S/c1-12-14(10-19-21(12)15-6-4-5-9-18-15)17(22)25-11-13-7-8-16(26-13)27(23,24)20(2)3/h4-10H,11H2,1-3H3. The molecule has 10 heteroatoms. The van der Waals surface area contributed by atoms with E-state index in [0.29, 0.717) is 11.5 Å². The van der Waals surface area contributed by atoms with Crippen LogP contribution >= 0.6 is 0 Å². The van der Waals surface area contributed by atoms with E-state index in [1.165, 1.54) is 37.1 Å². The molecular weight excluding hydrogens is 372 g/mol. The molecule has 0 N–H and O–H groups in total. The second-order valence-corrected chi connectivity index (χ2v) is 7.91. The van der Waals surface area contributed by atoms with E-state index in [1.807, 2.05) is 6.07 Å². The SMILES string of the molecule is Cc1c(C(=O)OCc2ccc(S(=O)(=O)N(C)C)o2)cnn1-c1ccccn1. The lowest BCUT2D eigenvalue weighted by atomic mass is 10.2. The molecule has 0 fully saturated rings. The fourth-order valence-corrected chi connectivity index (χ4v) is 3.10. The number of carbonyl (C=O) groups is 1. The summed E-state index contributed by atoms with van der Waals surface area (Å²) in [6, 6.07) is 8.14. The molecule has 0 aromatic carbocycles. The third-order valence-electron chi connectivity index (χ3n) is 3.81. The predicted octanol–water partition coefficient (Wildman–Crippen LogP) is 1.78. The molecule has 0 saturated carbocycles. The first-order chi connectivity index (χ1) is 12.8. The maximum absolute atomic E-state index is 12.3. The summed E-state index contributed by atoms with van der Waals surface area (Å²) < 4.78 is 37.0. The van der Waals surface area contributed by atoms with Crippen molar-refractivity contribution in [2.24, 2.45) is 0 Å². The van der Waals surface area contributed by atoms with Crippen molar-refractivity contribution in [2.45, 2.75) is 18.6 Å². The quantitative estimate of drug-likeness (QED) is 0.590. The first-order valence-corrected chi connectivity index (χ1v) is 9.39. The molecule has 3 aromatic rings. The molecule has 0 amide bonds. The monoisotopic (exact) mass is 390 g/mol. The third-order valence-corrected chi connectivity index (χ3v) is 5.50. The average Bonchev–Trinajstić information content (AvgIpc) is 3.27. The van der Waals surface area contributed by atoms with Crippen molar-refractivity contribution in [3.8, 4) is 5.82 Å². The molecule has 142 valence electrons. The van der Waals surface area contributed by atoms with Crippen molar-refractivity contribution in [2.75, 3.05) is 14.1 Å². The van der Waals surface area contributed by atoms with Crippen LogP contribution in [0.1, 0.15) is 21.8 Å². The van der Waals surface area contributed by atoms with Crippen molar-refractivity contribution in [1.29, 1.82) is 0 Å². The molecule has 0 radical (unpaired) electrons. The largest absolute Gasteiger partial charge is 0.454 e. The number of hydrogen-bond donors (Lipinski definition) is 0. The summed E-state index contributed by atoms with van der Waals surface area (Å²) in [6.45, 7) is 1.53. The molecule has 0 atom stereocenters. The molecule has 0 unspecified atom stereocenters. The molecule has 9 nitrogen and oxygen atoms in total. The topological polar surface area (TPSA) is 108 Å². The Kier molecular flexibility index (Phi) is 5.10. The Morgan fingerprint density at radius 3 is 2.70 bits per heavy atom. The summed E-state index contributed by atoms with van der Waals surface area (Å²) in [7, 11) is -0.870. The first kappa shape index (κ1) is 18.8. The van der Waals surface area contributed by atoms with Crippen LogP contribution in [-0.2, 0) is 21.4 Å². The van der Waals surface area contributed by atoms with Gasteiger partial charge < -0.3 is 9.15 Å². The van der Waals surface area contributed by atoms with Gasteiger partial charge >= 0.3 is 5.97 Å². The number of pyridine rings is 1. The zero-order chi connectivity index (χ0) is 19.6. The van der Waals surface area contributed by atoms with E-state index in [0.717, 1.165) is 4.31 Å². The Bertz CT molecular complexity index is 1050. The van der Waals surface area contributed by atoms with Crippen LogP contribution in [-0.4, -0.2) is 47.6 Å². The molecule has 0 aliphatic heterocycles. The number of carbonyl (C=O) groups excluding carboxylic acids is 1. The Morgan fingerprint density at radius 2 is 2.04 bits per heavy atom. The molecule has 0 aliphatic rings. The average molecular weight is 390 g/mol. The highest BCUT2D eigenvalue weighted by molar-refractivity contribution is 7.88. The van der Waals surface area contributed by atoms with Gasteiger partial charge in [-0.25, -0.2) is 27.2 Å². The van der Waals surface area contributed by atoms with Gasteiger partial charge in [-0.05, 0) is 31.2 Å². The van der Waals surface area contributed by atoms with Crippen molar-refractivity contribution in [3.63, 3.8) is 0 Å². The number of ether oxygens (including phenoxy) is 1. The Morgan fingerprint density at radius 1 is 1.26 bits per heavy atom. The van der Waals surface area contributed by atoms with Gasteiger partial charge in [0.25, 0.3) is 10.0 Å². The molecule has 0 spiro atoms. The number of sulfonamides is 1. The van der Waals surface area contributed by atoms with Gasteiger partial charge in [0.05, 0.1) is 11.9 Å². The Labute approximate surface area is 156 Å². The molecule has 3 rings (SSSR count). The lowest BCUT2D eigenvalue weighted by molar-refractivity contribution is 0.0439. The highest BCUT2D eigenvalue weighted by atomic mass is 32.2. The highest BCUT2D eigenvalue weighted by Crippen LogP contribution is 2.19. The van der Waals surface area contributed by atoms with E-state index in [-0.39, 0.29) is 23.0 Å². The van der Waals surface area contributed by atoms with Gasteiger partial charge in [0.1, 0.15) is 17.9 Å². The van der Waals surface area contributed by atoms with E-state index in [4.69, 9.17) is 9.15 Å². The molecule has 3 aromatic heterocycles. The van der Waals surface area contributed by atoms with E-state index in [9.17, 15) is 13.2 Å². The summed E-state index contributed by atoms with van der Waals surface area (Å²) in [6.07, 6.45) is 3.03. The number of rotatable bonds is 6. The van der Waals surface area contributed by atoms with Crippen LogP contribution in [0, 0.1) is 6.92 Å². The van der Waals surface area contributed by atoms with Gasteiger partial charge in [-0.1, -0.05) is 6.07 Å². The third kappa shape index (κ3) is 3.76. The van der Waals surface area contributed by atoms with E-state index < -0.39 is 16.0 Å². The molecule has 0 aliphatic carbocycles. The second kappa shape index (κ2) is 7.33. The van der Waals surface area contributed by atoms with Gasteiger partial charge in [-0.3, -0.25) is 0 Å². The van der Waals surface area contributed by atoms with Gasteiger partial charge in [-0.2, -0.15) is 5.10 Å². The summed E-state index contributed by atoms with van der Waals surface area (Å²) in [5, 5.41) is 3.95. The number of esters is 1. The van der Waals surface area contributed by atoms with Crippen LogP contribution in [0.2, 0.25) is 0 Å². The fraction of sp³-hybridized carbons (Fsp3) is 0.235. The fourth-order valence-electron chi connectivity index (χ4n) is 2.29. The normalized spacial score (nSPS) is 11.7. The molecular formula is C17H18N4O5S. The van der Waals surface area contributed by atoms with Crippen LogP contribution in [0.15, 0.2) is 52.2 Å². The maximum atomic E-state index is 12.3. The van der Waals surface area contributed by atoms with Crippen molar-refractivity contribution in [1.82, 2.24) is 19.1 Å². The second-order valence-electron chi connectivity index (χ2n) is 5.83. The van der Waals surface area contributed by atoms with Crippen LogP contribution in [0.25, 0.3) is 5.82 Å². The number of nitrogens with zero attached hydrogens (tertiary/aromatic N) is 4. The lowest BCUT2D eigenvalue weighted by Gasteiger charge is -2.08. The molecule has 3 heterocycles. The van der Waals surface area contributed by atoms with Gasteiger partial charge in [0.15, 0.2) is 5.82 Å². The van der Waals surface area contributed by atoms with Crippen molar-refractivity contribution in [3.05, 3.63) is 59.7 Å². The van der Waals surface area contributed by atoms with Crippen LogP contribution < -0.4 is 0 Å². The minimum atomic E-state index is -3.67. The predicted molar refractivity (Wildman–Crippen MR) is 94.8 cm³/mol. The highest BCUT2D eigenvalue weighted by Gasteiger charge is 2.22. The Balaban J connectivity index is 1.71. The van der Waals surface area contributed by atoms with Gasteiger partial charge in [0.2, 0.25) is 5.09 Å². The minimum absolute atomic E-state index is 0.198. The van der Waals surface area contributed by atoms with Crippen molar-refractivity contribution >= 4 is 16.0 Å². The van der Waals surface area contributed by atoms with Crippen LogP contribution in [0.4, 0.5) is 0 Å². The van der Waals surface area contributed by atoms with E-state index in [1.54, 1.807) is 25.3 Å². The summed E-state index contributed by atoms with van der Waals surface area (Å²) >= 11 is 0. The van der Waals surface area contributed by atoms with Crippen LogP contribution in [0.3, 0.4) is 0 Å². The molecule has 0 saturated heterocycles. The van der Waals surface area contributed by atoms with E-state index in [2.05, 4.69) is 10.1 Å². The number of hydrogen-bond acceptors (Lipinski definition) is 7. The van der Waals surface area contributed by atoms with Crippen molar-refractivity contribution < 1.29 is 22.4 Å². The smallest absolute Gasteiger partial charge is 0.342 e. The lowest BCUT2D eigenvalue weighted by Crippen LogP contribution is -2.21. The molecule has 27 heavy (non-hydrogen) atoms. The Hall–Kier alpha value is -2.98. The zero-order valence-corrected chi connectivity index (χ0v) is 15.8.